The quantitative estimate of drug-likeness (QED) is 0.716. The third kappa shape index (κ3) is 3.79. The van der Waals surface area contributed by atoms with Crippen molar-refractivity contribution in [3.8, 4) is 11.5 Å². The number of aromatic nitrogens is 2. The molecule has 0 bridgehead atoms. The van der Waals surface area contributed by atoms with Gasteiger partial charge in [-0.05, 0) is 32.2 Å². The molecule has 0 saturated carbocycles. The molecule has 0 amide bonds. The molecule has 142 valence electrons. The molecule has 2 aromatic heterocycles. The van der Waals surface area contributed by atoms with Crippen LogP contribution < -0.4 is 10.2 Å². The van der Waals surface area contributed by atoms with Gasteiger partial charge in [0.25, 0.3) is 5.89 Å². The van der Waals surface area contributed by atoms with Crippen LogP contribution in [-0.2, 0) is 6.54 Å². The predicted molar refractivity (Wildman–Crippen MR) is 105 cm³/mol. The zero-order valence-corrected chi connectivity index (χ0v) is 16.2. The first kappa shape index (κ1) is 17.9. The zero-order chi connectivity index (χ0) is 18.8. The van der Waals surface area contributed by atoms with Gasteiger partial charge in [0.15, 0.2) is 0 Å². The van der Waals surface area contributed by atoms with E-state index < -0.39 is 0 Å². The first-order valence-corrected chi connectivity index (χ1v) is 9.32. The van der Waals surface area contributed by atoms with Gasteiger partial charge in [-0.25, -0.2) is 0 Å². The molecule has 8 heteroatoms. The van der Waals surface area contributed by atoms with E-state index in [9.17, 15) is 0 Å². The van der Waals surface area contributed by atoms with Crippen molar-refractivity contribution in [1.82, 2.24) is 15.1 Å². The third-order valence-electron chi connectivity index (χ3n) is 4.87. The summed E-state index contributed by atoms with van der Waals surface area (Å²) in [6.07, 6.45) is 1.61. The van der Waals surface area contributed by atoms with Crippen LogP contribution in [0.5, 0.6) is 0 Å². The van der Waals surface area contributed by atoms with E-state index in [1.54, 1.807) is 6.26 Å². The van der Waals surface area contributed by atoms with Gasteiger partial charge in [-0.1, -0.05) is 22.8 Å². The molecular weight excluding hydrogens is 366 g/mol. The molecule has 27 heavy (non-hydrogen) atoms. The van der Waals surface area contributed by atoms with Crippen LogP contribution >= 0.6 is 11.6 Å². The molecular formula is C19H22ClN5O2. The van der Waals surface area contributed by atoms with Crippen LogP contribution in [0.15, 0.2) is 39.4 Å². The Morgan fingerprint density at radius 3 is 2.70 bits per heavy atom. The Morgan fingerprint density at radius 1 is 1.15 bits per heavy atom. The maximum atomic E-state index is 6.49. The lowest BCUT2D eigenvalue weighted by Crippen LogP contribution is -2.44. The van der Waals surface area contributed by atoms with E-state index in [-0.39, 0.29) is 0 Å². The second kappa shape index (κ2) is 7.62. The smallest absolute Gasteiger partial charge is 0.316 e. The lowest BCUT2D eigenvalue weighted by Gasteiger charge is -2.35. The number of aryl methyl sites for hydroxylation is 1. The Hall–Kier alpha value is -2.51. The number of nitrogens with zero attached hydrogens (tertiary/aromatic N) is 4. The summed E-state index contributed by atoms with van der Waals surface area (Å²) in [5.41, 5.74) is 2.97. The summed E-state index contributed by atoms with van der Waals surface area (Å²) in [7, 11) is 2.15. The number of nitrogens with one attached hydrogen (secondary N) is 1. The summed E-state index contributed by atoms with van der Waals surface area (Å²) in [5.74, 6) is 1.18. The minimum Gasteiger partial charge on any atom is -0.469 e. The van der Waals surface area contributed by atoms with Crippen molar-refractivity contribution in [3.63, 3.8) is 0 Å². The highest BCUT2D eigenvalue weighted by Gasteiger charge is 2.19. The average molecular weight is 388 g/mol. The van der Waals surface area contributed by atoms with Gasteiger partial charge in [0, 0.05) is 49.0 Å². The minimum atomic E-state index is 0.356. The van der Waals surface area contributed by atoms with Crippen molar-refractivity contribution < 1.29 is 8.83 Å². The fraction of sp³-hybridized carbons (Fsp3) is 0.368. The SMILES string of the molecule is Cc1occc1-c1nnc(NCc2c(Cl)cccc2N2CCN(C)CC2)o1. The molecule has 0 spiro atoms. The van der Waals surface area contributed by atoms with Crippen LogP contribution in [-0.4, -0.2) is 48.3 Å². The Bertz CT molecular complexity index is 914. The van der Waals surface area contributed by atoms with E-state index in [0.29, 0.717) is 18.5 Å². The van der Waals surface area contributed by atoms with Crippen LogP contribution in [0, 0.1) is 6.92 Å². The molecule has 0 radical (unpaired) electrons. The highest BCUT2D eigenvalue weighted by Crippen LogP contribution is 2.30. The molecule has 7 nitrogen and oxygen atoms in total. The van der Waals surface area contributed by atoms with Crippen molar-refractivity contribution in [2.75, 3.05) is 43.4 Å². The van der Waals surface area contributed by atoms with Crippen molar-refractivity contribution in [3.05, 3.63) is 46.9 Å². The second-order valence-corrected chi connectivity index (χ2v) is 7.09. The third-order valence-corrected chi connectivity index (χ3v) is 5.22. The zero-order valence-electron chi connectivity index (χ0n) is 15.4. The number of piperazine rings is 1. The van der Waals surface area contributed by atoms with Gasteiger partial charge in [-0.15, -0.1) is 5.10 Å². The number of rotatable bonds is 5. The summed E-state index contributed by atoms with van der Waals surface area (Å²) < 4.78 is 11.0. The Labute approximate surface area is 162 Å². The fourth-order valence-corrected chi connectivity index (χ4v) is 3.48. The first-order valence-electron chi connectivity index (χ1n) is 8.94. The summed E-state index contributed by atoms with van der Waals surface area (Å²) >= 11 is 6.49. The van der Waals surface area contributed by atoms with Gasteiger partial charge >= 0.3 is 6.01 Å². The van der Waals surface area contributed by atoms with E-state index in [2.05, 4.69) is 38.4 Å². The highest BCUT2D eigenvalue weighted by atomic mass is 35.5. The largest absolute Gasteiger partial charge is 0.469 e. The van der Waals surface area contributed by atoms with E-state index in [1.807, 2.05) is 25.1 Å². The normalized spacial score (nSPS) is 15.3. The molecule has 3 aromatic rings. The van der Waals surface area contributed by atoms with E-state index >= 15 is 0 Å². The molecule has 3 heterocycles. The molecule has 0 atom stereocenters. The highest BCUT2D eigenvalue weighted by molar-refractivity contribution is 6.31. The maximum absolute atomic E-state index is 6.49. The number of furan rings is 1. The van der Waals surface area contributed by atoms with E-state index in [1.165, 1.54) is 0 Å². The molecule has 1 aliphatic heterocycles. The van der Waals surface area contributed by atoms with E-state index in [0.717, 1.165) is 53.8 Å². The lowest BCUT2D eigenvalue weighted by molar-refractivity contribution is 0.312. The number of halogens is 1. The van der Waals surface area contributed by atoms with Crippen LogP contribution in [0.4, 0.5) is 11.7 Å². The minimum absolute atomic E-state index is 0.356. The van der Waals surface area contributed by atoms with Gasteiger partial charge in [-0.3, -0.25) is 0 Å². The van der Waals surface area contributed by atoms with Crippen LogP contribution in [0.3, 0.4) is 0 Å². The number of benzene rings is 1. The van der Waals surface area contributed by atoms with Gasteiger partial charge in [-0.2, -0.15) is 0 Å². The van der Waals surface area contributed by atoms with Crippen LogP contribution in [0.1, 0.15) is 11.3 Å². The Morgan fingerprint density at radius 2 is 1.96 bits per heavy atom. The standard InChI is InChI=1S/C19H22ClN5O2/c1-13-14(6-11-26-13)18-22-23-19(27-18)21-12-15-16(20)4-3-5-17(15)25-9-7-24(2)8-10-25/h3-6,11H,7-10,12H2,1-2H3,(H,21,23). The summed E-state index contributed by atoms with van der Waals surface area (Å²) in [6, 6.07) is 8.18. The summed E-state index contributed by atoms with van der Waals surface area (Å²) in [5, 5.41) is 12.1. The van der Waals surface area contributed by atoms with E-state index in [4.69, 9.17) is 20.4 Å². The molecule has 1 aliphatic rings. The Kier molecular flexibility index (Phi) is 5.05. The molecule has 0 unspecified atom stereocenters. The molecule has 1 fully saturated rings. The van der Waals surface area contributed by atoms with Crippen LogP contribution in [0.2, 0.25) is 5.02 Å². The van der Waals surface area contributed by atoms with Crippen molar-refractivity contribution in [2.45, 2.75) is 13.5 Å². The van der Waals surface area contributed by atoms with Crippen molar-refractivity contribution in [2.24, 2.45) is 0 Å². The lowest BCUT2D eigenvalue weighted by atomic mass is 10.1. The van der Waals surface area contributed by atoms with Crippen molar-refractivity contribution in [1.29, 1.82) is 0 Å². The predicted octanol–water partition coefficient (Wildman–Crippen LogP) is 3.66. The number of anilines is 2. The van der Waals surface area contributed by atoms with Gasteiger partial charge in [0.2, 0.25) is 0 Å². The monoisotopic (exact) mass is 387 g/mol. The molecule has 0 aliphatic carbocycles. The summed E-state index contributed by atoms with van der Waals surface area (Å²) in [6.45, 7) is 6.40. The second-order valence-electron chi connectivity index (χ2n) is 6.68. The first-order chi connectivity index (χ1) is 13.1. The molecule has 1 aromatic carbocycles. The van der Waals surface area contributed by atoms with Gasteiger partial charge < -0.3 is 24.0 Å². The number of hydrogen-bond donors (Lipinski definition) is 1. The Balaban J connectivity index is 1.50. The maximum Gasteiger partial charge on any atom is 0.316 e. The fourth-order valence-electron chi connectivity index (χ4n) is 3.24. The number of hydrogen-bond acceptors (Lipinski definition) is 7. The van der Waals surface area contributed by atoms with Crippen molar-refractivity contribution >= 4 is 23.3 Å². The molecule has 4 rings (SSSR count). The molecule has 1 N–H and O–H groups in total. The van der Waals surface area contributed by atoms with Gasteiger partial charge in [0.1, 0.15) is 5.76 Å². The number of likely N-dealkylation sites (N-methyl/N-ethyl adjacent to an activating group) is 1. The van der Waals surface area contributed by atoms with Gasteiger partial charge in [0.05, 0.1) is 11.8 Å². The topological polar surface area (TPSA) is 70.6 Å². The average Bonchev–Trinajstić information content (AvgIpc) is 3.30. The molecule has 1 saturated heterocycles. The van der Waals surface area contributed by atoms with Crippen LogP contribution in [0.25, 0.3) is 11.5 Å². The summed E-state index contributed by atoms with van der Waals surface area (Å²) in [4.78, 5) is 4.70.